The van der Waals surface area contributed by atoms with Crippen LogP contribution in [0.15, 0.2) is 18.5 Å². The van der Waals surface area contributed by atoms with Crippen LogP contribution >= 0.6 is 0 Å². The standard InChI is InChI=1S/C15H14N6O/c1-8-9-4-5-21(7-22)11(9)3-2-10(8)13-12-14(16)17-6-18-15(12)20-19-13/h2-3,6-7H,4-5H2,1H3,(H3,16,17,18,19,20). The lowest BCUT2D eigenvalue weighted by molar-refractivity contribution is -0.107. The molecule has 4 rings (SSSR count). The third kappa shape index (κ3) is 1.62. The van der Waals surface area contributed by atoms with Crippen molar-refractivity contribution in [2.24, 2.45) is 0 Å². The molecule has 1 aromatic carbocycles. The minimum atomic E-state index is 0.406. The molecule has 7 nitrogen and oxygen atoms in total. The van der Waals surface area contributed by atoms with E-state index >= 15 is 0 Å². The zero-order valence-corrected chi connectivity index (χ0v) is 12.0. The Morgan fingerprint density at radius 3 is 3.05 bits per heavy atom. The molecule has 3 aromatic rings. The van der Waals surface area contributed by atoms with Gasteiger partial charge in [-0.05, 0) is 30.5 Å². The normalized spacial score (nSPS) is 13.6. The van der Waals surface area contributed by atoms with Gasteiger partial charge in [-0.1, -0.05) is 6.07 Å². The molecular formula is C15H14N6O. The molecule has 0 saturated heterocycles. The largest absolute Gasteiger partial charge is 0.383 e. The van der Waals surface area contributed by atoms with Crippen LogP contribution < -0.4 is 10.6 Å². The van der Waals surface area contributed by atoms with Gasteiger partial charge < -0.3 is 10.6 Å². The first-order chi connectivity index (χ1) is 10.7. The summed E-state index contributed by atoms with van der Waals surface area (Å²) in [5.74, 6) is 0.406. The molecule has 0 unspecified atom stereocenters. The van der Waals surface area contributed by atoms with Crippen molar-refractivity contribution in [2.45, 2.75) is 13.3 Å². The fourth-order valence-corrected chi connectivity index (χ4v) is 3.13. The van der Waals surface area contributed by atoms with Gasteiger partial charge in [0.25, 0.3) is 0 Å². The van der Waals surface area contributed by atoms with Crippen LogP contribution in [0.3, 0.4) is 0 Å². The molecular weight excluding hydrogens is 280 g/mol. The third-order valence-corrected chi connectivity index (χ3v) is 4.26. The fourth-order valence-electron chi connectivity index (χ4n) is 3.13. The number of fused-ring (bicyclic) bond motifs is 2. The number of amides is 1. The number of nitrogens with one attached hydrogen (secondary N) is 1. The molecule has 0 atom stereocenters. The first-order valence-corrected chi connectivity index (χ1v) is 7.00. The number of nitrogens with zero attached hydrogens (tertiary/aromatic N) is 4. The molecule has 0 radical (unpaired) electrons. The molecule has 0 fully saturated rings. The van der Waals surface area contributed by atoms with Crippen LogP contribution in [-0.4, -0.2) is 33.1 Å². The molecule has 1 aliphatic rings. The van der Waals surface area contributed by atoms with Crippen molar-refractivity contribution in [3.8, 4) is 11.3 Å². The molecule has 0 spiro atoms. The van der Waals surface area contributed by atoms with E-state index in [1.165, 1.54) is 11.9 Å². The average Bonchev–Trinajstić information content (AvgIpc) is 3.12. The summed E-state index contributed by atoms with van der Waals surface area (Å²) < 4.78 is 0. The van der Waals surface area contributed by atoms with Crippen molar-refractivity contribution in [3.05, 3.63) is 29.6 Å². The Labute approximate surface area is 126 Å². The van der Waals surface area contributed by atoms with Crippen molar-refractivity contribution < 1.29 is 4.79 Å². The van der Waals surface area contributed by atoms with Gasteiger partial charge in [-0.15, -0.1) is 0 Å². The van der Waals surface area contributed by atoms with E-state index in [4.69, 9.17) is 5.73 Å². The molecule has 22 heavy (non-hydrogen) atoms. The summed E-state index contributed by atoms with van der Waals surface area (Å²) in [5, 5.41) is 7.94. The average molecular weight is 294 g/mol. The van der Waals surface area contributed by atoms with Gasteiger partial charge in [0.2, 0.25) is 6.41 Å². The number of nitrogens with two attached hydrogens (primary N) is 1. The van der Waals surface area contributed by atoms with Crippen molar-refractivity contribution in [2.75, 3.05) is 17.2 Å². The molecule has 110 valence electrons. The van der Waals surface area contributed by atoms with Gasteiger partial charge in [-0.2, -0.15) is 5.10 Å². The van der Waals surface area contributed by atoms with Crippen LogP contribution in [0.5, 0.6) is 0 Å². The Hall–Kier alpha value is -2.96. The van der Waals surface area contributed by atoms with Crippen LogP contribution in [0.2, 0.25) is 0 Å². The number of H-pyrrole nitrogens is 1. The smallest absolute Gasteiger partial charge is 0.214 e. The zero-order valence-electron chi connectivity index (χ0n) is 12.0. The van der Waals surface area contributed by atoms with E-state index in [0.29, 0.717) is 11.5 Å². The molecule has 0 aliphatic carbocycles. The summed E-state index contributed by atoms with van der Waals surface area (Å²) in [5.41, 5.74) is 11.6. The number of benzene rings is 1. The molecule has 2 aromatic heterocycles. The van der Waals surface area contributed by atoms with Crippen LogP contribution in [0.1, 0.15) is 11.1 Å². The maximum absolute atomic E-state index is 11.1. The summed E-state index contributed by atoms with van der Waals surface area (Å²) in [7, 11) is 0. The molecule has 0 bridgehead atoms. The lowest BCUT2D eigenvalue weighted by Crippen LogP contribution is -2.17. The van der Waals surface area contributed by atoms with Crippen molar-refractivity contribution in [1.82, 2.24) is 20.2 Å². The number of nitrogen functional groups attached to an aromatic ring is 1. The van der Waals surface area contributed by atoms with Gasteiger partial charge in [0.05, 0.1) is 11.1 Å². The molecule has 7 heteroatoms. The quantitative estimate of drug-likeness (QED) is 0.696. The Morgan fingerprint density at radius 1 is 1.36 bits per heavy atom. The number of aromatic nitrogens is 4. The van der Waals surface area contributed by atoms with Crippen molar-refractivity contribution in [3.63, 3.8) is 0 Å². The highest BCUT2D eigenvalue weighted by Crippen LogP contribution is 2.37. The van der Waals surface area contributed by atoms with Gasteiger partial charge in [0.15, 0.2) is 5.65 Å². The second-order valence-corrected chi connectivity index (χ2v) is 5.34. The summed E-state index contributed by atoms with van der Waals surface area (Å²) in [6.07, 6.45) is 3.13. The van der Waals surface area contributed by atoms with E-state index in [0.717, 1.165) is 47.3 Å². The number of anilines is 2. The van der Waals surface area contributed by atoms with Gasteiger partial charge in [-0.25, -0.2) is 9.97 Å². The van der Waals surface area contributed by atoms with E-state index in [9.17, 15) is 4.79 Å². The molecule has 1 amide bonds. The first-order valence-electron chi connectivity index (χ1n) is 7.00. The summed E-state index contributed by atoms with van der Waals surface area (Å²) in [4.78, 5) is 21.0. The highest BCUT2D eigenvalue weighted by molar-refractivity contribution is 5.99. The second-order valence-electron chi connectivity index (χ2n) is 5.34. The van der Waals surface area contributed by atoms with Crippen molar-refractivity contribution >= 4 is 28.9 Å². The van der Waals surface area contributed by atoms with Gasteiger partial charge in [0, 0.05) is 17.8 Å². The summed E-state index contributed by atoms with van der Waals surface area (Å²) >= 11 is 0. The predicted molar refractivity (Wildman–Crippen MR) is 83.4 cm³/mol. The summed E-state index contributed by atoms with van der Waals surface area (Å²) in [6, 6.07) is 3.95. The van der Waals surface area contributed by atoms with Crippen LogP contribution in [0.4, 0.5) is 11.5 Å². The third-order valence-electron chi connectivity index (χ3n) is 4.26. The first kappa shape index (κ1) is 12.8. The maximum Gasteiger partial charge on any atom is 0.214 e. The van der Waals surface area contributed by atoms with E-state index in [2.05, 4.69) is 27.1 Å². The zero-order chi connectivity index (χ0) is 15.3. The fraction of sp³-hybridized carbons (Fsp3) is 0.200. The van der Waals surface area contributed by atoms with E-state index in [-0.39, 0.29) is 0 Å². The van der Waals surface area contributed by atoms with Gasteiger partial charge in [-0.3, -0.25) is 9.89 Å². The lowest BCUT2D eigenvalue weighted by atomic mass is 9.97. The number of hydrogen-bond donors (Lipinski definition) is 2. The highest BCUT2D eigenvalue weighted by atomic mass is 16.1. The van der Waals surface area contributed by atoms with E-state index < -0.39 is 0 Å². The van der Waals surface area contributed by atoms with Crippen LogP contribution in [0, 0.1) is 6.92 Å². The van der Waals surface area contributed by atoms with Crippen LogP contribution in [0.25, 0.3) is 22.3 Å². The Bertz CT molecular complexity index is 900. The highest BCUT2D eigenvalue weighted by Gasteiger charge is 2.23. The lowest BCUT2D eigenvalue weighted by Gasteiger charge is -2.13. The maximum atomic E-state index is 11.1. The molecule has 3 heterocycles. The molecule has 3 N–H and O–H groups in total. The molecule has 1 aliphatic heterocycles. The Kier molecular flexibility index (Phi) is 2.62. The SMILES string of the molecule is Cc1c(-c2[nH]nc3ncnc(N)c23)ccc2c1CCN2C=O. The number of carbonyl (C=O) groups excluding carboxylic acids is 1. The second kappa shape index (κ2) is 4.52. The van der Waals surface area contributed by atoms with Gasteiger partial charge in [0.1, 0.15) is 12.1 Å². The van der Waals surface area contributed by atoms with Gasteiger partial charge >= 0.3 is 0 Å². The number of hydrogen-bond acceptors (Lipinski definition) is 5. The Morgan fingerprint density at radius 2 is 2.23 bits per heavy atom. The van der Waals surface area contributed by atoms with Crippen LogP contribution in [-0.2, 0) is 11.2 Å². The molecule has 0 saturated carbocycles. The Balaban J connectivity index is 1.95. The predicted octanol–water partition coefficient (Wildman–Crippen LogP) is 1.43. The monoisotopic (exact) mass is 294 g/mol. The number of carbonyl (C=O) groups is 1. The summed E-state index contributed by atoms with van der Waals surface area (Å²) in [6.45, 7) is 2.77. The van der Waals surface area contributed by atoms with Crippen molar-refractivity contribution in [1.29, 1.82) is 0 Å². The number of rotatable bonds is 2. The minimum Gasteiger partial charge on any atom is -0.383 e. The van der Waals surface area contributed by atoms with E-state index in [1.807, 2.05) is 12.1 Å². The van der Waals surface area contributed by atoms with E-state index in [1.54, 1.807) is 4.90 Å². The topological polar surface area (TPSA) is 101 Å². The number of aromatic amines is 1. The minimum absolute atomic E-state index is 0.406.